The van der Waals surface area contributed by atoms with E-state index in [9.17, 15) is 4.79 Å². The van der Waals surface area contributed by atoms with E-state index in [1.807, 2.05) is 55.5 Å². The van der Waals surface area contributed by atoms with Crippen molar-refractivity contribution in [2.75, 3.05) is 0 Å². The Morgan fingerprint density at radius 3 is 2.39 bits per heavy atom. The van der Waals surface area contributed by atoms with Crippen LogP contribution in [0.4, 0.5) is 0 Å². The van der Waals surface area contributed by atoms with Crippen LogP contribution in [0.25, 0.3) is 16.5 Å². The first kappa shape index (κ1) is 18.0. The summed E-state index contributed by atoms with van der Waals surface area (Å²) in [5.41, 5.74) is 2.64. The van der Waals surface area contributed by atoms with Gasteiger partial charge in [-0.2, -0.15) is 10.2 Å². The Balaban J connectivity index is 1.78. The highest BCUT2D eigenvalue weighted by atomic mass is 32.1. The Hall–Kier alpha value is -3.38. The van der Waals surface area contributed by atoms with Crippen molar-refractivity contribution in [2.24, 2.45) is 10.2 Å². The molecule has 0 atom stereocenters. The second-order valence-electron chi connectivity index (χ2n) is 6.34. The monoisotopic (exact) mass is 386 g/mol. The van der Waals surface area contributed by atoms with E-state index in [4.69, 9.17) is 0 Å². The topological polar surface area (TPSA) is 59.6 Å². The summed E-state index contributed by atoms with van der Waals surface area (Å²) in [6.07, 6.45) is 0. The van der Waals surface area contributed by atoms with Gasteiger partial charge in [-0.15, -0.1) is 5.10 Å². The quantitative estimate of drug-likeness (QED) is 0.292. The molecule has 0 aliphatic rings. The molecule has 6 heteroatoms. The highest BCUT2D eigenvalue weighted by Crippen LogP contribution is 2.16. The first-order chi connectivity index (χ1) is 13.6. The van der Waals surface area contributed by atoms with Gasteiger partial charge in [-0.25, -0.2) is 4.68 Å². The molecular formula is C22H18N4OS. The van der Waals surface area contributed by atoms with Crippen LogP contribution in [-0.4, -0.2) is 21.3 Å². The SMILES string of the molecule is CC(=O)c1nn(-c2ccccc2)/c(=N\N=C(/C)c2ccc3ccccc3c2)s1. The average Bonchev–Trinajstić information content (AvgIpc) is 3.17. The van der Waals surface area contributed by atoms with Crippen LogP contribution in [0.5, 0.6) is 0 Å². The minimum absolute atomic E-state index is 0.0913. The number of Topliss-reactive ketones (excluding diaryl/α,β-unsaturated/α-hetero) is 1. The summed E-state index contributed by atoms with van der Waals surface area (Å²) in [6, 6.07) is 24.0. The minimum Gasteiger partial charge on any atom is -0.292 e. The van der Waals surface area contributed by atoms with E-state index in [1.165, 1.54) is 23.6 Å². The molecule has 0 amide bonds. The number of ketones is 1. The number of aromatic nitrogens is 2. The Bertz CT molecular complexity index is 1250. The molecule has 1 aromatic heterocycles. The van der Waals surface area contributed by atoms with Crippen LogP contribution in [0.15, 0.2) is 83.0 Å². The lowest BCUT2D eigenvalue weighted by Gasteiger charge is -2.02. The maximum absolute atomic E-state index is 11.8. The third kappa shape index (κ3) is 3.68. The molecule has 138 valence electrons. The van der Waals surface area contributed by atoms with Crippen LogP contribution in [0.3, 0.4) is 0 Å². The zero-order valence-electron chi connectivity index (χ0n) is 15.5. The van der Waals surface area contributed by atoms with Gasteiger partial charge < -0.3 is 0 Å². The Morgan fingerprint density at radius 2 is 1.64 bits per heavy atom. The normalized spacial score (nSPS) is 12.5. The molecule has 0 bridgehead atoms. The van der Waals surface area contributed by atoms with E-state index in [-0.39, 0.29) is 5.78 Å². The molecule has 0 saturated heterocycles. The van der Waals surface area contributed by atoms with Gasteiger partial charge in [0.1, 0.15) is 0 Å². The number of nitrogens with zero attached hydrogens (tertiary/aromatic N) is 4. The number of hydrogen-bond acceptors (Lipinski definition) is 5. The van der Waals surface area contributed by atoms with Gasteiger partial charge in [-0.3, -0.25) is 4.79 Å². The van der Waals surface area contributed by atoms with Crippen molar-refractivity contribution in [2.45, 2.75) is 13.8 Å². The van der Waals surface area contributed by atoms with Crippen LogP contribution in [0, 0.1) is 0 Å². The van der Waals surface area contributed by atoms with Crippen LogP contribution in [-0.2, 0) is 0 Å². The van der Waals surface area contributed by atoms with Crippen molar-refractivity contribution in [3.05, 3.63) is 88.2 Å². The fourth-order valence-electron chi connectivity index (χ4n) is 2.82. The van der Waals surface area contributed by atoms with Crippen LogP contribution >= 0.6 is 11.3 Å². The Morgan fingerprint density at radius 1 is 0.929 bits per heavy atom. The lowest BCUT2D eigenvalue weighted by Crippen LogP contribution is -2.14. The zero-order chi connectivity index (χ0) is 19.5. The van der Waals surface area contributed by atoms with Crippen molar-refractivity contribution < 1.29 is 4.79 Å². The van der Waals surface area contributed by atoms with Gasteiger partial charge in [-0.05, 0) is 41.5 Å². The van der Waals surface area contributed by atoms with E-state index in [0.717, 1.165) is 22.3 Å². The number of carbonyl (C=O) groups is 1. The van der Waals surface area contributed by atoms with Crippen LogP contribution in [0.2, 0.25) is 0 Å². The van der Waals surface area contributed by atoms with E-state index < -0.39 is 0 Å². The molecule has 0 unspecified atom stereocenters. The Kier molecular flexibility index (Phi) is 4.95. The highest BCUT2D eigenvalue weighted by molar-refractivity contribution is 7.10. The van der Waals surface area contributed by atoms with Crippen LogP contribution < -0.4 is 4.80 Å². The molecule has 0 radical (unpaired) electrons. The van der Waals surface area contributed by atoms with Gasteiger partial charge in [0.2, 0.25) is 4.80 Å². The van der Waals surface area contributed by atoms with E-state index >= 15 is 0 Å². The predicted octanol–water partition coefficient (Wildman–Crippen LogP) is 4.61. The summed E-state index contributed by atoms with van der Waals surface area (Å²) < 4.78 is 1.65. The van der Waals surface area contributed by atoms with Gasteiger partial charge in [0.25, 0.3) is 0 Å². The minimum atomic E-state index is -0.0913. The molecule has 4 rings (SSSR count). The lowest BCUT2D eigenvalue weighted by molar-refractivity contribution is 0.101. The first-order valence-electron chi connectivity index (χ1n) is 8.86. The van der Waals surface area contributed by atoms with Crippen molar-refractivity contribution in [3.63, 3.8) is 0 Å². The number of para-hydroxylation sites is 1. The summed E-state index contributed by atoms with van der Waals surface area (Å²) >= 11 is 1.23. The second kappa shape index (κ2) is 7.70. The molecule has 1 heterocycles. The average molecular weight is 386 g/mol. The number of benzene rings is 3. The van der Waals surface area contributed by atoms with Gasteiger partial charge in [0.05, 0.1) is 11.4 Å². The van der Waals surface area contributed by atoms with Crippen molar-refractivity contribution in [1.29, 1.82) is 0 Å². The highest BCUT2D eigenvalue weighted by Gasteiger charge is 2.10. The van der Waals surface area contributed by atoms with Crippen molar-refractivity contribution in [1.82, 2.24) is 9.78 Å². The molecule has 4 aromatic rings. The van der Waals surface area contributed by atoms with Gasteiger partial charge in [0, 0.05) is 6.92 Å². The fraction of sp³-hybridized carbons (Fsp3) is 0.0909. The summed E-state index contributed by atoms with van der Waals surface area (Å²) in [4.78, 5) is 12.3. The van der Waals surface area contributed by atoms with Gasteiger partial charge in [0.15, 0.2) is 10.8 Å². The largest absolute Gasteiger partial charge is 0.292 e. The van der Waals surface area contributed by atoms with E-state index in [0.29, 0.717) is 9.81 Å². The third-order valence-corrected chi connectivity index (χ3v) is 5.31. The molecule has 0 spiro atoms. The zero-order valence-corrected chi connectivity index (χ0v) is 16.4. The summed E-state index contributed by atoms with van der Waals surface area (Å²) in [6.45, 7) is 3.43. The number of fused-ring (bicyclic) bond motifs is 1. The number of hydrogen-bond donors (Lipinski definition) is 0. The van der Waals surface area contributed by atoms with Crippen molar-refractivity contribution >= 4 is 33.6 Å². The van der Waals surface area contributed by atoms with Gasteiger partial charge in [-0.1, -0.05) is 65.9 Å². The van der Waals surface area contributed by atoms with E-state index in [2.05, 4.69) is 39.6 Å². The Labute approximate surface area is 166 Å². The molecule has 0 saturated carbocycles. The first-order valence-corrected chi connectivity index (χ1v) is 9.67. The molecule has 5 nitrogen and oxygen atoms in total. The molecule has 0 aliphatic carbocycles. The maximum Gasteiger partial charge on any atom is 0.233 e. The van der Waals surface area contributed by atoms with E-state index in [1.54, 1.807) is 4.68 Å². The fourth-order valence-corrected chi connectivity index (χ4v) is 3.57. The standard InChI is InChI=1S/C22H18N4OS/c1-15(18-13-12-17-8-6-7-9-19(17)14-18)23-24-22-26(20-10-4-3-5-11-20)25-21(28-22)16(2)27/h3-14H,1-2H3/b23-15+,24-22+. The second-order valence-corrected chi connectivity index (χ2v) is 7.30. The molecule has 0 fully saturated rings. The molecule has 0 aliphatic heterocycles. The number of carbonyl (C=O) groups excluding carboxylic acids is 1. The smallest absolute Gasteiger partial charge is 0.233 e. The molecule has 28 heavy (non-hydrogen) atoms. The molecular weight excluding hydrogens is 368 g/mol. The number of rotatable bonds is 4. The molecule has 0 N–H and O–H groups in total. The summed E-state index contributed by atoms with van der Waals surface area (Å²) in [7, 11) is 0. The van der Waals surface area contributed by atoms with Gasteiger partial charge >= 0.3 is 0 Å². The maximum atomic E-state index is 11.8. The molecule has 3 aromatic carbocycles. The van der Waals surface area contributed by atoms with Crippen LogP contribution in [0.1, 0.15) is 29.2 Å². The summed E-state index contributed by atoms with van der Waals surface area (Å²) in [5.74, 6) is -0.0913. The predicted molar refractivity (Wildman–Crippen MR) is 113 cm³/mol. The van der Waals surface area contributed by atoms with Crippen molar-refractivity contribution in [3.8, 4) is 5.69 Å². The lowest BCUT2D eigenvalue weighted by atomic mass is 10.0. The third-order valence-electron chi connectivity index (χ3n) is 4.31. The summed E-state index contributed by atoms with van der Waals surface area (Å²) in [5, 5.41) is 15.9.